The zero-order chi connectivity index (χ0) is 16.5. The number of hydrogen-bond acceptors (Lipinski definition) is 4. The summed E-state index contributed by atoms with van der Waals surface area (Å²) in [6.07, 6.45) is 2.23. The van der Waals surface area contributed by atoms with E-state index in [2.05, 4.69) is 64.5 Å². The molecule has 0 aliphatic carbocycles. The zero-order valence-corrected chi connectivity index (χ0v) is 16.6. The van der Waals surface area contributed by atoms with Crippen molar-refractivity contribution in [3.05, 3.63) is 0 Å². The summed E-state index contributed by atoms with van der Waals surface area (Å²) in [7, 11) is -2.56. The molecule has 21 heavy (non-hydrogen) atoms. The van der Waals surface area contributed by atoms with Crippen molar-refractivity contribution in [3.8, 4) is 0 Å². The van der Waals surface area contributed by atoms with Crippen molar-refractivity contribution in [2.24, 2.45) is 0 Å². The summed E-state index contributed by atoms with van der Waals surface area (Å²) in [5.74, 6) is 0. The van der Waals surface area contributed by atoms with Gasteiger partial charge in [-0.15, -0.1) is 0 Å². The third-order valence-electron chi connectivity index (χ3n) is 3.57. The van der Waals surface area contributed by atoms with Crippen LogP contribution in [0.2, 0.25) is 0 Å². The molecule has 0 saturated carbocycles. The van der Waals surface area contributed by atoms with E-state index in [9.17, 15) is 0 Å². The van der Waals surface area contributed by atoms with E-state index in [4.69, 9.17) is 8.85 Å². The van der Waals surface area contributed by atoms with E-state index < -0.39 is 8.88 Å². The maximum atomic E-state index is 6.39. The standard InChI is InChI=1S/C16H38N2O2Si/c1-9-13-17(15(5)6)21(19-11-3,20-12-4)18(14-10-2)16(7)8/h15-16H,9-14H2,1-8H3. The summed E-state index contributed by atoms with van der Waals surface area (Å²) in [6.45, 7) is 21.1. The Morgan fingerprint density at radius 1 is 0.714 bits per heavy atom. The molecular weight excluding hydrogens is 280 g/mol. The average molecular weight is 319 g/mol. The first kappa shape index (κ1) is 21.1. The third kappa shape index (κ3) is 5.64. The highest BCUT2D eigenvalue weighted by atomic mass is 28.4. The maximum Gasteiger partial charge on any atom is 0.522 e. The van der Waals surface area contributed by atoms with Crippen LogP contribution in [0.5, 0.6) is 0 Å². The van der Waals surface area contributed by atoms with E-state index in [1.165, 1.54) is 0 Å². The van der Waals surface area contributed by atoms with Crippen LogP contribution in [0, 0.1) is 0 Å². The maximum absolute atomic E-state index is 6.39. The molecule has 0 aromatic rings. The van der Waals surface area contributed by atoms with Crippen LogP contribution in [-0.4, -0.2) is 56.4 Å². The molecular formula is C16H38N2O2Si. The molecule has 4 nitrogen and oxygen atoms in total. The normalized spacial score (nSPS) is 13.1. The highest BCUT2D eigenvalue weighted by Crippen LogP contribution is 2.25. The summed E-state index contributed by atoms with van der Waals surface area (Å²) >= 11 is 0. The lowest BCUT2D eigenvalue weighted by Crippen LogP contribution is -2.73. The van der Waals surface area contributed by atoms with Gasteiger partial charge in [0.15, 0.2) is 0 Å². The second kappa shape index (κ2) is 10.7. The monoisotopic (exact) mass is 318 g/mol. The van der Waals surface area contributed by atoms with Crippen molar-refractivity contribution in [1.82, 2.24) is 9.13 Å². The highest BCUT2D eigenvalue weighted by molar-refractivity contribution is 6.61. The highest BCUT2D eigenvalue weighted by Gasteiger charge is 2.53. The zero-order valence-electron chi connectivity index (χ0n) is 15.6. The average Bonchev–Trinajstić information content (AvgIpc) is 2.41. The minimum atomic E-state index is -2.56. The molecule has 0 aliphatic heterocycles. The van der Waals surface area contributed by atoms with Crippen molar-refractivity contribution in [2.45, 2.75) is 80.3 Å². The van der Waals surface area contributed by atoms with Crippen LogP contribution in [0.1, 0.15) is 68.2 Å². The first-order valence-corrected chi connectivity index (χ1v) is 10.4. The predicted octanol–water partition coefficient (Wildman–Crippen LogP) is 3.74. The molecule has 0 unspecified atom stereocenters. The molecule has 0 saturated heterocycles. The van der Waals surface area contributed by atoms with E-state index in [-0.39, 0.29) is 0 Å². The van der Waals surface area contributed by atoms with E-state index in [0.717, 1.165) is 25.9 Å². The Morgan fingerprint density at radius 2 is 1.05 bits per heavy atom. The van der Waals surface area contributed by atoms with Gasteiger partial charge in [0.25, 0.3) is 0 Å². The fraction of sp³-hybridized carbons (Fsp3) is 1.00. The van der Waals surface area contributed by atoms with Gasteiger partial charge in [-0.2, -0.15) is 0 Å². The Hall–Kier alpha value is 0.0569. The first-order chi connectivity index (χ1) is 9.91. The van der Waals surface area contributed by atoms with Crippen molar-refractivity contribution in [3.63, 3.8) is 0 Å². The molecule has 0 aromatic heterocycles. The Kier molecular flexibility index (Phi) is 10.8. The molecule has 0 heterocycles. The van der Waals surface area contributed by atoms with E-state index in [0.29, 0.717) is 25.3 Å². The van der Waals surface area contributed by atoms with Gasteiger partial charge in [-0.1, -0.05) is 41.5 Å². The molecule has 0 amide bonds. The molecule has 128 valence electrons. The van der Waals surface area contributed by atoms with Crippen LogP contribution < -0.4 is 0 Å². The SMILES string of the molecule is CCCN(C(C)C)[Si](OCC)(OCC)N(CCC)C(C)C. The molecule has 0 spiro atoms. The lowest BCUT2D eigenvalue weighted by atomic mass is 10.3. The largest absolute Gasteiger partial charge is 0.522 e. The van der Waals surface area contributed by atoms with Gasteiger partial charge in [0.1, 0.15) is 0 Å². The van der Waals surface area contributed by atoms with Gasteiger partial charge in [0, 0.05) is 25.3 Å². The number of hydrogen-bond donors (Lipinski definition) is 0. The molecule has 0 rings (SSSR count). The molecule has 0 atom stereocenters. The minimum Gasteiger partial charge on any atom is -0.371 e. The molecule has 0 aromatic carbocycles. The van der Waals surface area contributed by atoms with Crippen molar-refractivity contribution < 1.29 is 8.85 Å². The molecule has 5 heteroatoms. The van der Waals surface area contributed by atoms with Crippen molar-refractivity contribution in [2.75, 3.05) is 26.3 Å². The van der Waals surface area contributed by atoms with Gasteiger partial charge in [0.2, 0.25) is 0 Å². The van der Waals surface area contributed by atoms with Crippen LogP contribution in [0.4, 0.5) is 0 Å². The second-order valence-corrected chi connectivity index (χ2v) is 8.81. The van der Waals surface area contributed by atoms with Gasteiger partial charge in [-0.25, -0.2) is 0 Å². The third-order valence-corrected chi connectivity index (χ3v) is 7.83. The van der Waals surface area contributed by atoms with E-state index >= 15 is 0 Å². The molecule has 0 bridgehead atoms. The smallest absolute Gasteiger partial charge is 0.371 e. The fourth-order valence-corrected chi connectivity index (χ4v) is 6.99. The summed E-state index contributed by atoms with van der Waals surface area (Å²) in [5, 5.41) is 0. The van der Waals surface area contributed by atoms with Crippen LogP contribution in [0.15, 0.2) is 0 Å². The van der Waals surface area contributed by atoms with Crippen molar-refractivity contribution in [1.29, 1.82) is 0 Å². The summed E-state index contributed by atoms with van der Waals surface area (Å²) < 4.78 is 17.8. The molecule has 0 fully saturated rings. The fourth-order valence-electron chi connectivity index (χ4n) is 2.85. The number of rotatable bonds is 12. The van der Waals surface area contributed by atoms with Gasteiger partial charge >= 0.3 is 8.88 Å². The Balaban J connectivity index is 5.75. The van der Waals surface area contributed by atoms with E-state index in [1.54, 1.807) is 0 Å². The predicted molar refractivity (Wildman–Crippen MR) is 93.3 cm³/mol. The topological polar surface area (TPSA) is 24.9 Å². The van der Waals surface area contributed by atoms with Crippen LogP contribution in [0.25, 0.3) is 0 Å². The molecule has 0 N–H and O–H groups in total. The van der Waals surface area contributed by atoms with Crippen LogP contribution in [-0.2, 0) is 8.85 Å². The lowest BCUT2D eigenvalue weighted by Gasteiger charge is -2.48. The lowest BCUT2D eigenvalue weighted by molar-refractivity contribution is 0.0415. The molecule has 0 radical (unpaired) electrons. The Labute approximate surface area is 134 Å². The summed E-state index contributed by atoms with van der Waals surface area (Å²) in [5.41, 5.74) is 0. The van der Waals surface area contributed by atoms with Gasteiger partial charge in [-0.3, -0.25) is 9.13 Å². The Bertz CT molecular complexity index is 237. The Morgan fingerprint density at radius 3 is 1.24 bits per heavy atom. The summed E-state index contributed by atoms with van der Waals surface area (Å²) in [6, 6.07) is 0.848. The van der Waals surface area contributed by atoms with Gasteiger partial charge < -0.3 is 8.85 Å². The second-order valence-electron chi connectivity index (χ2n) is 5.99. The van der Waals surface area contributed by atoms with Crippen molar-refractivity contribution >= 4 is 8.88 Å². The van der Waals surface area contributed by atoms with Crippen LogP contribution in [0.3, 0.4) is 0 Å². The molecule has 0 aliphatic rings. The van der Waals surface area contributed by atoms with Gasteiger partial charge in [-0.05, 0) is 39.8 Å². The number of nitrogens with zero attached hydrogens (tertiary/aromatic N) is 2. The quantitative estimate of drug-likeness (QED) is 0.512. The minimum absolute atomic E-state index is 0.424. The van der Waals surface area contributed by atoms with E-state index in [1.807, 2.05) is 0 Å². The first-order valence-electron chi connectivity index (χ1n) is 8.72. The summed E-state index contributed by atoms with van der Waals surface area (Å²) in [4.78, 5) is 0. The van der Waals surface area contributed by atoms with Gasteiger partial charge in [0.05, 0.1) is 0 Å². The van der Waals surface area contributed by atoms with Crippen LogP contribution >= 0.6 is 0 Å².